The van der Waals surface area contributed by atoms with Gasteiger partial charge in [0.05, 0.1) is 17.9 Å². The molecule has 2 aromatic rings. The molecular formula is C17H20N2O2. The average molecular weight is 284 g/mol. The number of aryl methyl sites for hydroxylation is 1. The van der Waals surface area contributed by atoms with Crippen LogP contribution < -0.4 is 0 Å². The second-order valence-corrected chi connectivity index (χ2v) is 5.58. The first-order chi connectivity index (χ1) is 10.2. The van der Waals surface area contributed by atoms with Crippen LogP contribution in [0.15, 0.2) is 47.1 Å². The van der Waals surface area contributed by atoms with Gasteiger partial charge in [0.25, 0.3) is 5.91 Å². The largest absolute Gasteiger partial charge is 0.469 e. The van der Waals surface area contributed by atoms with Crippen molar-refractivity contribution in [1.29, 1.82) is 0 Å². The van der Waals surface area contributed by atoms with Crippen molar-refractivity contribution in [2.75, 3.05) is 26.7 Å². The van der Waals surface area contributed by atoms with Crippen LogP contribution in [-0.4, -0.2) is 42.4 Å². The van der Waals surface area contributed by atoms with Gasteiger partial charge in [-0.05, 0) is 25.6 Å². The van der Waals surface area contributed by atoms with Crippen LogP contribution in [-0.2, 0) is 0 Å². The molecule has 4 nitrogen and oxygen atoms in total. The fraction of sp³-hybridized carbons (Fsp3) is 0.353. The summed E-state index contributed by atoms with van der Waals surface area (Å²) < 4.78 is 5.28. The predicted molar refractivity (Wildman–Crippen MR) is 81.2 cm³/mol. The third-order valence-corrected chi connectivity index (χ3v) is 4.12. The lowest BCUT2D eigenvalue weighted by Crippen LogP contribution is -2.49. The zero-order valence-corrected chi connectivity index (χ0v) is 12.5. The van der Waals surface area contributed by atoms with E-state index < -0.39 is 0 Å². The van der Waals surface area contributed by atoms with Crippen LogP contribution in [0.4, 0.5) is 0 Å². The van der Waals surface area contributed by atoms with E-state index in [9.17, 15) is 4.79 Å². The van der Waals surface area contributed by atoms with Crippen LogP contribution in [0.3, 0.4) is 0 Å². The number of amides is 1. The van der Waals surface area contributed by atoms with Gasteiger partial charge in [-0.3, -0.25) is 4.79 Å². The van der Waals surface area contributed by atoms with Gasteiger partial charge in [0.1, 0.15) is 5.76 Å². The Hall–Kier alpha value is -2.07. The molecule has 4 heteroatoms. The molecule has 0 radical (unpaired) electrons. The molecule has 1 unspecified atom stereocenters. The quantitative estimate of drug-likeness (QED) is 0.851. The van der Waals surface area contributed by atoms with Gasteiger partial charge in [-0.2, -0.15) is 0 Å². The van der Waals surface area contributed by atoms with Crippen molar-refractivity contribution in [3.63, 3.8) is 0 Å². The molecule has 110 valence electrons. The second kappa shape index (κ2) is 5.74. The van der Waals surface area contributed by atoms with Crippen molar-refractivity contribution in [2.24, 2.45) is 0 Å². The minimum atomic E-state index is 0.0585. The van der Waals surface area contributed by atoms with Crippen molar-refractivity contribution in [1.82, 2.24) is 9.80 Å². The maximum absolute atomic E-state index is 12.8. The van der Waals surface area contributed by atoms with E-state index in [0.29, 0.717) is 11.3 Å². The summed E-state index contributed by atoms with van der Waals surface area (Å²) >= 11 is 0. The lowest BCUT2D eigenvalue weighted by Gasteiger charge is -2.40. The van der Waals surface area contributed by atoms with Crippen molar-refractivity contribution < 1.29 is 9.21 Å². The van der Waals surface area contributed by atoms with Gasteiger partial charge in [0.15, 0.2) is 0 Å². The van der Waals surface area contributed by atoms with E-state index in [4.69, 9.17) is 4.42 Å². The highest BCUT2D eigenvalue weighted by Gasteiger charge is 2.31. The van der Waals surface area contributed by atoms with Crippen molar-refractivity contribution in [2.45, 2.75) is 13.0 Å². The third-order valence-electron chi connectivity index (χ3n) is 4.12. The Labute approximate surface area is 125 Å². The maximum atomic E-state index is 12.8. The Balaban J connectivity index is 1.91. The number of carbonyl (C=O) groups excluding carboxylic acids is 1. The summed E-state index contributed by atoms with van der Waals surface area (Å²) in [6.07, 6.45) is 1.58. The molecule has 0 aliphatic carbocycles. The molecule has 1 atom stereocenters. The van der Waals surface area contributed by atoms with Crippen LogP contribution in [0.25, 0.3) is 0 Å². The predicted octanol–water partition coefficient (Wildman–Crippen LogP) is 2.72. The summed E-state index contributed by atoms with van der Waals surface area (Å²) in [5.41, 5.74) is 1.85. The number of hydrogen-bond acceptors (Lipinski definition) is 3. The zero-order valence-electron chi connectivity index (χ0n) is 12.5. The SMILES string of the molecule is Cc1occc1C(=O)N1CCN(C)CC1c1ccccc1. The molecule has 1 amide bonds. The Morgan fingerprint density at radius 2 is 1.95 bits per heavy atom. The molecule has 0 N–H and O–H groups in total. The first kappa shape index (κ1) is 13.9. The molecule has 1 aromatic carbocycles. The molecule has 21 heavy (non-hydrogen) atoms. The second-order valence-electron chi connectivity index (χ2n) is 5.58. The first-order valence-corrected chi connectivity index (χ1v) is 7.25. The summed E-state index contributed by atoms with van der Waals surface area (Å²) in [4.78, 5) is 17.1. The van der Waals surface area contributed by atoms with Gasteiger partial charge in [-0.15, -0.1) is 0 Å². The van der Waals surface area contributed by atoms with Crippen molar-refractivity contribution in [3.05, 3.63) is 59.5 Å². The average Bonchev–Trinajstić information content (AvgIpc) is 2.93. The summed E-state index contributed by atoms with van der Waals surface area (Å²) in [6, 6.07) is 12.1. The molecule has 1 aliphatic rings. The number of rotatable bonds is 2. The number of likely N-dealkylation sites (N-methyl/N-ethyl adjacent to an activating group) is 1. The molecule has 1 saturated heterocycles. The molecule has 0 saturated carbocycles. The van der Waals surface area contributed by atoms with E-state index in [-0.39, 0.29) is 11.9 Å². The van der Waals surface area contributed by atoms with Crippen LogP contribution in [0.2, 0.25) is 0 Å². The molecule has 0 bridgehead atoms. The molecule has 1 fully saturated rings. The number of benzene rings is 1. The van der Waals surface area contributed by atoms with Gasteiger partial charge in [-0.25, -0.2) is 0 Å². The Morgan fingerprint density at radius 1 is 1.19 bits per heavy atom. The molecule has 0 spiro atoms. The molecule has 3 rings (SSSR count). The number of carbonyl (C=O) groups is 1. The van der Waals surface area contributed by atoms with Gasteiger partial charge in [0, 0.05) is 19.6 Å². The maximum Gasteiger partial charge on any atom is 0.257 e. The van der Waals surface area contributed by atoms with Gasteiger partial charge in [-0.1, -0.05) is 30.3 Å². The van der Waals surface area contributed by atoms with Gasteiger partial charge in [0.2, 0.25) is 0 Å². The summed E-state index contributed by atoms with van der Waals surface area (Å²) in [5, 5.41) is 0. The Bertz CT molecular complexity index is 621. The fourth-order valence-electron chi connectivity index (χ4n) is 2.88. The van der Waals surface area contributed by atoms with E-state index in [1.54, 1.807) is 12.3 Å². The van der Waals surface area contributed by atoms with Crippen LogP contribution in [0.5, 0.6) is 0 Å². The van der Waals surface area contributed by atoms with Crippen molar-refractivity contribution in [3.8, 4) is 0 Å². The lowest BCUT2D eigenvalue weighted by molar-refractivity contribution is 0.0496. The smallest absolute Gasteiger partial charge is 0.257 e. The van der Waals surface area contributed by atoms with E-state index in [0.717, 1.165) is 19.6 Å². The Morgan fingerprint density at radius 3 is 2.62 bits per heavy atom. The standard InChI is InChI=1S/C17H20N2O2/c1-13-15(8-11-21-13)17(20)19-10-9-18(2)12-16(19)14-6-4-3-5-7-14/h3-8,11,16H,9-10,12H2,1-2H3. The van der Waals surface area contributed by atoms with Crippen LogP contribution >= 0.6 is 0 Å². The Kier molecular flexibility index (Phi) is 3.80. The van der Waals surface area contributed by atoms with E-state index >= 15 is 0 Å². The zero-order chi connectivity index (χ0) is 14.8. The minimum Gasteiger partial charge on any atom is -0.469 e. The molecule has 1 aromatic heterocycles. The van der Waals surface area contributed by atoms with E-state index in [1.165, 1.54) is 5.56 Å². The highest BCUT2D eigenvalue weighted by atomic mass is 16.3. The summed E-state index contributed by atoms with van der Waals surface area (Å²) in [7, 11) is 2.10. The highest BCUT2D eigenvalue weighted by molar-refractivity contribution is 5.95. The third kappa shape index (κ3) is 2.72. The monoisotopic (exact) mass is 284 g/mol. The van der Waals surface area contributed by atoms with Gasteiger partial charge >= 0.3 is 0 Å². The normalized spacial score (nSPS) is 19.7. The van der Waals surface area contributed by atoms with E-state index in [2.05, 4.69) is 24.1 Å². The summed E-state index contributed by atoms with van der Waals surface area (Å²) in [5.74, 6) is 0.744. The fourth-order valence-corrected chi connectivity index (χ4v) is 2.88. The van der Waals surface area contributed by atoms with Crippen LogP contribution in [0.1, 0.15) is 27.7 Å². The van der Waals surface area contributed by atoms with E-state index in [1.807, 2.05) is 30.0 Å². The number of furan rings is 1. The molecule has 1 aliphatic heterocycles. The minimum absolute atomic E-state index is 0.0585. The highest BCUT2D eigenvalue weighted by Crippen LogP contribution is 2.27. The molecular weight excluding hydrogens is 264 g/mol. The lowest BCUT2D eigenvalue weighted by atomic mass is 10.0. The number of piperazine rings is 1. The summed E-state index contributed by atoms with van der Waals surface area (Å²) in [6.45, 7) is 4.32. The topological polar surface area (TPSA) is 36.7 Å². The molecule has 2 heterocycles. The van der Waals surface area contributed by atoms with Crippen LogP contribution in [0, 0.1) is 6.92 Å². The number of nitrogens with zero attached hydrogens (tertiary/aromatic N) is 2. The first-order valence-electron chi connectivity index (χ1n) is 7.25. The van der Waals surface area contributed by atoms with Gasteiger partial charge < -0.3 is 14.2 Å². The number of hydrogen-bond donors (Lipinski definition) is 0. The van der Waals surface area contributed by atoms with Crippen molar-refractivity contribution >= 4 is 5.91 Å².